The molecule has 1 aliphatic carbocycles. The first-order chi connectivity index (χ1) is 26.1. The number of carbonyl (C=O) groups is 1. The largest absolute Gasteiger partial charge is 0.497 e. The summed E-state index contributed by atoms with van der Waals surface area (Å²) in [6.07, 6.45) is 3.57. The lowest BCUT2D eigenvalue weighted by molar-refractivity contribution is -0.0165. The first-order valence-corrected chi connectivity index (χ1v) is 20.2. The number of likely N-dealkylation sites (tertiary alicyclic amines) is 1. The molecule has 2 aliphatic rings. The molecular formula is C43H53N3O7S. The molecule has 0 radical (unpaired) electrons. The van der Waals surface area contributed by atoms with Gasteiger partial charge in [-0.25, -0.2) is 4.79 Å². The molecule has 4 aromatic carbocycles. The van der Waals surface area contributed by atoms with Crippen LogP contribution in [0.4, 0.5) is 4.79 Å². The predicted octanol–water partition coefficient (Wildman–Crippen LogP) is 7.79. The maximum Gasteiger partial charge on any atom is 0.410 e. The van der Waals surface area contributed by atoms with Gasteiger partial charge in [0.05, 0.1) is 31.9 Å². The van der Waals surface area contributed by atoms with Crippen LogP contribution >= 0.6 is 0 Å². The molecule has 3 atom stereocenters. The standard InChI is InChI=1S/C43H53N3O7S/c1-32-26-41(45(54(48,49)44(2)3)28-33-18-22-38(50-4)23-19-33)42(46(32)43(47)53-30-35-14-9-6-10-15-35)31-52-39-24-20-36(21-25-39)37-16-11-17-40(27-37)51-29-34-12-7-5-8-13-34/h5-19,22-23,27,32,36,39,41-42H,20-21,24-26,28-31H2,1-4H3/t32-,36?,39?,41+,42+/m1/s1. The number of carbonyl (C=O) groups excluding carboxylic acids is 1. The van der Waals surface area contributed by atoms with E-state index >= 15 is 0 Å². The maximum atomic E-state index is 14.0. The van der Waals surface area contributed by atoms with Gasteiger partial charge < -0.3 is 18.9 Å². The van der Waals surface area contributed by atoms with Gasteiger partial charge in [0, 0.05) is 26.7 Å². The van der Waals surface area contributed by atoms with E-state index in [1.807, 2.05) is 85.8 Å². The summed E-state index contributed by atoms with van der Waals surface area (Å²) in [6, 6.07) is 34.1. The molecule has 54 heavy (non-hydrogen) atoms. The second-order valence-corrected chi connectivity index (χ2v) is 16.6. The van der Waals surface area contributed by atoms with Gasteiger partial charge in [0.1, 0.15) is 24.7 Å². The number of rotatable bonds is 15. The Labute approximate surface area is 320 Å². The summed E-state index contributed by atoms with van der Waals surface area (Å²) in [5, 5.41) is 0. The van der Waals surface area contributed by atoms with Gasteiger partial charge in [-0.15, -0.1) is 0 Å². The molecule has 11 heteroatoms. The summed E-state index contributed by atoms with van der Waals surface area (Å²) in [5.41, 5.74) is 4.08. The monoisotopic (exact) mass is 755 g/mol. The lowest BCUT2D eigenvalue weighted by atomic mass is 9.82. The summed E-state index contributed by atoms with van der Waals surface area (Å²) in [7, 11) is 0.762. The van der Waals surface area contributed by atoms with Crippen molar-refractivity contribution in [3.05, 3.63) is 131 Å². The van der Waals surface area contributed by atoms with Gasteiger partial charge in [0.15, 0.2) is 0 Å². The first-order valence-electron chi connectivity index (χ1n) is 18.8. The van der Waals surface area contributed by atoms with Crippen molar-refractivity contribution in [3.8, 4) is 11.5 Å². The second kappa shape index (κ2) is 18.3. The number of hydrogen-bond acceptors (Lipinski definition) is 7. The minimum atomic E-state index is -3.91. The highest BCUT2D eigenvalue weighted by molar-refractivity contribution is 7.86. The lowest BCUT2D eigenvalue weighted by Gasteiger charge is -2.37. The van der Waals surface area contributed by atoms with Crippen LogP contribution in [0.15, 0.2) is 109 Å². The Morgan fingerprint density at radius 3 is 2.06 bits per heavy atom. The smallest absolute Gasteiger partial charge is 0.410 e. The van der Waals surface area contributed by atoms with Crippen LogP contribution in [0.25, 0.3) is 0 Å². The molecule has 0 bridgehead atoms. The molecule has 0 aromatic heterocycles. The van der Waals surface area contributed by atoms with Crippen LogP contribution in [0.5, 0.6) is 11.5 Å². The predicted molar refractivity (Wildman–Crippen MR) is 209 cm³/mol. The third kappa shape index (κ3) is 9.81. The van der Waals surface area contributed by atoms with Gasteiger partial charge in [0.25, 0.3) is 10.2 Å². The average molecular weight is 756 g/mol. The highest BCUT2D eigenvalue weighted by Gasteiger charge is 2.49. The molecule has 0 spiro atoms. The fraction of sp³-hybridized carbons (Fsp3) is 0.419. The normalized spacial score (nSPS) is 21.7. The molecule has 0 N–H and O–H groups in total. The van der Waals surface area contributed by atoms with Crippen LogP contribution in [0.2, 0.25) is 0 Å². The fourth-order valence-electron chi connectivity index (χ4n) is 7.63. The van der Waals surface area contributed by atoms with E-state index in [0.717, 1.165) is 48.1 Å². The number of ether oxygens (including phenoxy) is 4. The molecule has 288 valence electrons. The van der Waals surface area contributed by atoms with Crippen LogP contribution < -0.4 is 9.47 Å². The average Bonchev–Trinajstić information content (AvgIpc) is 3.53. The Morgan fingerprint density at radius 2 is 1.43 bits per heavy atom. The summed E-state index contributed by atoms with van der Waals surface area (Å²) < 4.78 is 54.8. The minimum absolute atomic E-state index is 0.0157. The molecule has 1 amide bonds. The number of methoxy groups -OCH3 is 1. The Kier molecular flexibility index (Phi) is 13.3. The summed E-state index contributed by atoms with van der Waals surface area (Å²) in [6.45, 7) is 2.92. The zero-order valence-electron chi connectivity index (χ0n) is 31.8. The molecule has 1 saturated carbocycles. The van der Waals surface area contributed by atoms with E-state index in [4.69, 9.17) is 18.9 Å². The number of amides is 1. The second-order valence-electron chi connectivity index (χ2n) is 14.5. The van der Waals surface area contributed by atoms with Gasteiger partial charge in [-0.1, -0.05) is 84.9 Å². The molecule has 10 nitrogen and oxygen atoms in total. The Hall–Kier alpha value is -4.42. The van der Waals surface area contributed by atoms with E-state index in [1.165, 1.54) is 28.3 Å². The first kappa shape index (κ1) is 39.3. The van der Waals surface area contributed by atoms with Crippen molar-refractivity contribution in [2.24, 2.45) is 0 Å². The molecule has 0 unspecified atom stereocenters. The Bertz CT molecular complexity index is 1890. The van der Waals surface area contributed by atoms with Crippen molar-refractivity contribution in [3.63, 3.8) is 0 Å². The number of benzene rings is 4. The van der Waals surface area contributed by atoms with E-state index in [9.17, 15) is 13.2 Å². The van der Waals surface area contributed by atoms with Crippen molar-refractivity contribution in [2.45, 2.75) is 88.9 Å². The zero-order valence-corrected chi connectivity index (χ0v) is 32.6. The third-order valence-electron chi connectivity index (χ3n) is 10.7. The van der Waals surface area contributed by atoms with Crippen LogP contribution in [-0.4, -0.2) is 80.1 Å². The summed E-state index contributed by atoms with van der Waals surface area (Å²) in [5.74, 6) is 1.94. The van der Waals surface area contributed by atoms with Gasteiger partial charge >= 0.3 is 6.09 Å². The highest BCUT2D eigenvalue weighted by Crippen LogP contribution is 2.37. The van der Waals surface area contributed by atoms with Crippen molar-refractivity contribution in [1.82, 2.24) is 13.5 Å². The van der Waals surface area contributed by atoms with E-state index < -0.39 is 28.4 Å². The van der Waals surface area contributed by atoms with Gasteiger partial charge in [-0.3, -0.25) is 4.90 Å². The Balaban J connectivity index is 1.16. The van der Waals surface area contributed by atoms with Gasteiger partial charge in [-0.2, -0.15) is 17.0 Å². The molecular weight excluding hydrogens is 703 g/mol. The van der Waals surface area contributed by atoms with E-state index in [-0.39, 0.29) is 31.9 Å². The zero-order chi connectivity index (χ0) is 38.1. The third-order valence-corrected chi connectivity index (χ3v) is 12.6. The molecule has 1 saturated heterocycles. The number of hydrogen-bond donors (Lipinski definition) is 0. The summed E-state index contributed by atoms with van der Waals surface area (Å²) >= 11 is 0. The van der Waals surface area contributed by atoms with Crippen molar-refractivity contribution in [2.75, 3.05) is 27.8 Å². The van der Waals surface area contributed by atoms with Crippen LogP contribution in [0.3, 0.4) is 0 Å². The number of nitrogens with zero attached hydrogens (tertiary/aromatic N) is 3. The lowest BCUT2D eigenvalue weighted by Crippen LogP contribution is -2.54. The van der Waals surface area contributed by atoms with Crippen LogP contribution in [0.1, 0.15) is 67.2 Å². The summed E-state index contributed by atoms with van der Waals surface area (Å²) in [4.78, 5) is 15.6. The fourth-order valence-corrected chi connectivity index (χ4v) is 8.93. The molecule has 2 fully saturated rings. The minimum Gasteiger partial charge on any atom is -0.497 e. The van der Waals surface area contributed by atoms with E-state index in [1.54, 1.807) is 12.0 Å². The van der Waals surface area contributed by atoms with Crippen LogP contribution in [-0.2, 0) is 39.4 Å². The quantitative estimate of drug-likeness (QED) is 0.122. The molecule has 1 aliphatic heterocycles. The van der Waals surface area contributed by atoms with Crippen LogP contribution in [0, 0.1) is 0 Å². The molecule has 6 rings (SSSR count). The van der Waals surface area contributed by atoms with E-state index in [2.05, 4.69) is 30.3 Å². The van der Waals surface area contributed by atoms with Crippen molar-refractivity contribution >= 4 is 16.3 Å². The van der Waals surface area contributed by atoms with Gasteiger partial charge in [-0.05, 0) is 91.5 Å². The van der Waals surface area contributed by atoms with Crippen molar-refractivity contribution in [1.29, 1.82) is 0 Å². The topological polar surface area (TPSA) is 97.9 Å². The van der Waals surface area contributed by atoms with Gasteiger partial charge in [0.2, 0.25) is 0 Å². The maximum absolute atomic E-state index is 14.0. The SMILES string of the molecule is COc1ccc(CN([C@H]2C[C@@H](C)N(C(=O)OCc3ccccc3)[C@H]2COC2CCC(c3cccc(OCc4ccccc4)c3)CC2)S(=O)(=O)N(C)C)cc1. The Morgan fingerprint density at radius 1 is 0.778 bits per heavy atom. The van der Waals surface area contributed by atoms with Crippen molar-refractivity contribution < 1.29 is 32.2 Å². The van der Waals surface area contributed by atoms with E-state index in [0.29, 0.717) is 24.7 Å². The molecule has 1 heterocycles. The highest BCUT2D eigenvalue weighted by atomic mass is 32.2. The molecule has 4 aromatic rings.